The second-order valence-electron chi connectivity index (χ2n) is 4.51. The third kappa shape index (κ3) is 3.29. The fraction of sp³-hybridized carbons (Fsp3) is 0.538. The molecule has 3 heteroatoms. The molecule has 1 unspecified atom stereocenters. The van der Waals surface area contributed by atoms with Gasteiger partial charge in [-0.05, 0) is 56.0 Å². The number of halogens is 2. The molecule has 0 aromatic heterocycles. The first-order chi connectivity index (χ1) is 7.75. The van der Waals surface area contributed by atoms with E-state index in [0.29, 0.717) is 5.92 Å². The number of benzene rings is 1. The van der Waals surface area contributed by atoms with Crippen molar-refractivity contribution < 1.29 is 4.39 Å². The summed E-state index contributed by atoms with van der Waals surface area (Å²) in [5.74, 6) is 0.497. The lowest BCUT2D eigenvalue weighted by Gasteiger charge is -2.14. The first-order valence-electron chi connectivity index (χ1n) is 5.90. The van der Waals surface area contributed by atoms with Crippen LogP contribution in [0.1, 0.15) is 24.8 Å². The average molecular weight is 286 g/mol. The van der Waals surface area contributed by atoms with Crippen LogP contribution in [0.25, 0.3) is 0 Å². The van der Waals surface area contributed by atoms with Gasteiger partial charge in [0.1, 0.15) is 5.82 Å². The molecule has 88 valence electrons. The van der Waals surface area contributed by atoms with Gasteiger partial charge in [-0.1, -0.05) is 28.4 Å². The van der Waals surface area contributed by atoms with E-state index in [4.69, 9.17) is 0 Å². The van der Waals surface area contributed by atoms with E-state index < -0.39 is 0 Å². The van der Waals surface area contributed by atoms with Crippen LogP contribution in [0.5, 0.6) is 0 Å². The minimum atomic E-state index is -0.0846. The van der Waals surface area contributed by atoms with Crippen molar-refractivity contribution in [3.05, 3.63) is 34.1 Å². The largest absolute Gasteiger partial charge is 0.316 e. The van der Waals surface area contributed by atoms with Crippen molar-refractivity contribution in [3.63, 3.8) is 0 Å². The molecule has 1 heterocycles. The zero-order valence-electron chi connectivity index (χ0n) is 9.31. The highest BCUT2D eigenvalue weighted by atomic mass is 79.9. The Morgan fingerprint density at radius 1 is 1.38 bits per heavy atom. The van der Waals surface area contributed by atoms with Crippen LogP contribution in [0.3, 0.4) is 0 Å². The highest BCUT2D eigenvalue weighted by Crippen LogP contribution is 2.21. The van der Waals surface area contributed by atoms with Crippen LogP contribution in [0.2, 0.25) is 0 Å². The minimum Gasteiger partial charge on any atom is -0.316 e. The van der Waals surface area contributed by atoms with Gasteiger partial charge in [0.15, 0.2) is 0 Å². The summed E-state index contributed by atoms with van der Waals surface area (Å²) in [6, 6.07) is 5.37. The van der Waals surface area contributed by atoms with Gasteiger partial charge in [-0.25, -0.2) is 4.39 Å². The van der Waals surface area contributed by atoms with Crippen molar-refractivity contribution in [2.45, 2.75) is 25.7 Å². The van der Waals surface area contributed by atoms with Gasteiger partial charge in [0, 0.05) is 4.47 Å². The van der Waals surface area contributed by atoms with E-state index in [9.17, 15) is 4.39 Å². The quantitative estimate of drug-likeness (QED) is 0.877. The fourth-order valence-corrected chi connectivity index (χ4v) is 2.60. The molecule has 0 radical (unpaired) electrons. The van der Waals surface area contributed by atoms with Crippen molar-refractivity contribution >= 4 is 15.9 Å². The van der Waals surface area contributed by atoms with E-state index in [1.54, 1.807) is 6.07 Å². The summed E-state index contributed by atoms with van der Waals surface area (Å²) < 4.78 is 14.5. The topological polar surface area (TPSA) is 12.0 Å². The number of hydrogen-bond acceptors (Lipinski definition) is 1. The normalized spacial score (nSPS) is 21.8. The molecular weight excluding hydrogens is 269 g/mol. The molecule has 1 aromatic rings. The molecule has 1 aliphatic heterocycles. The van der Waals surface area contributed by atoms with Crippen LogP contribution in [0.4, 0.5) is 4.39 Å². The molecule has 1 nitrogen and oxygen atoms in total. The molecule has 0 saturated carbocycles. The maximum atomic E-state index is 13.7. The average Bonchev–Trinajstić information content (AvgIpc) is 2.51. The second-order valence-corrected chi connectivity index (χ2v) is 5.42. The van der Waals surface area contributed by atoms with Crippen molar-refractivity contribution in [2.75, 3.05) is 13.1 Å². The lowest BCUT2D eigenvalue weighted by molar-refractivity contribution is 0.465. The molecule has 1 N–H and O–H groups in total. The maximum Gasteiger partial charge on any atom is 0.127 e. The molecule has 1 fully saturated rings. The monoisotopic (exact) mass is 285 g/mol. The minimum absolute atomic E-state index is 0.0846. The predicted octanol–water partition coefficient (Wildman–Crippen LogP) is 3.52. The first kappa shape index (κ1) is 12.1. The maximum absolute atomic E-state index is 13.7. The third-order valence-electron chi connectivity index (χ3n) is 3.17. The summed E-state index contributed by atoms with van der Waals surface area (Å²) in [6.07, 6.45) is 4.57. The van der Waals surface area contributed by atoms with Gasteiger partial charge in [-0.15, -0.1) is 0 Å². The molecule has 1 aliphatic rings. The third-order valence-corrected chi connectivity index (χ3v) is 3.67. The predicted molar refractivity (Wildman–Crippen MR) is 68.0 cm³/mol. The van der Waals surface area contributed by atoms with Gasteiger partial charge in [0.05, 0.1) is 0 Å². The van der Waals surface area contributed by atoms with Crippen molar-refractivity contribution in [2.24, 2.45) is 5.92 Å². The Hall–Kier alpha value is -0.410. The Bertz CT molecular complexity index is 346. The van der Waals surface area contributed by atoms with Gasteiger partial charge in [-0.2, -0.15) is 0 Å². The lowest BCUT2D eigenvalue weighted by Crippen LogP contribution is -2.22. The number of hydrogen-bond donors (Lipinski definition) is 1. The van der Waals surface area contributed by atoms with E-state index in [2.05, 4.69) is 21.2 Å². The summed E-state index contributed by atoms with van der Waals surface area (Å²) in [7, 11) is 0. The number of rotatable bonds is 2. The molecule has 0 spiro atoms. The van der Waals surface area contributed by atoms with Crippen LogP contribution in [0.15, 0.2) is 22.7 Å². The van der Waals surface area contributed by atoms with E-state index >= 15 is 0 Å². The van der Waals surface area contributed by atoms with Crippen molar-refractivity contribution in [1.29, 1.82) is 0 Å². The first-order valence-corrected chi connectivity index (χ1v) is 6.69. The van der Waals surface area contributed by atoms with Crippen LogP contribution in [0, 0.1) is 11.7 Å². The molecule has 2 rings (SSSR count). The standard InChI is InChI=1S/C13H17BrFN/c14-12-5-4-11(13(15)8-12)7-10-3-1-2-6-16-9-10/h4-5,8,10,16H,1-3,6-7,9H2. The Balaban J connectivity index is 2.01. The van der Waals surface area contributed by atoms with Crippen LogP contribution < -0.4 is 5.32 Å². The van der Waals surface area contributed by atoms with Gasteiger partial charge >= 0.3 is 0 Å². The van der Waals surface area contributed by atoms with E-state index in [1.807, 2.05) is 12.1 Å². The molecule has 1 aromatic carbocycles. The van der Waals surface area contributed by atoms with Gasteiger partial charge in [-0.3, -0.25) is 0 Å². The summed E-state index contributed by atoms with van der Waals surface area (Å²) in [5.41, 5.74) is 0.844. The zero-order valence-corrected chi connectivity index (χ0v) is 10.9. The van der Waals surface area contributed by atoms with Crippen LogP contribution in [-0.4, -0.2) is 13.1 Å². The Kier molecular flexibility index (Phi) is 4.36. The van der Waals surface area contributed by atoms with Gasteiger partial charge < -0.3 is 5.32 Å². The SMILES string of the molecule is Fc1cc(Br)ccc1CC1CCCCNC1. The summed E-state index contributed by atoms with van der Waals surface area (Å²) in [4.78, 5) is 0. The van der Waals surface area contributed by atoms with E-state index in [0.717, 1.165) is 29.5 Å². The Morgan fingerprint density at radius 2 is 2.25 bits per heavy atom. The molecule has 0 aliphatic carbocycles. The van der Waals surface area contributed by atoms with Gasteiger partial charge in [0.2, 0.25) is 0 Å². The Labute approximate surface area is 105 Å². The van der Waals surface area contributed by atoms with Gasteiger partial charge in [0.25, 0.3) is 0 Å². The van der Waals surface area contributed by atoms with Crippen LogP contribution in [-0.2, 0) is 6.42 Å². The molecule has 0 amide bonds. The highest BCUT2D eigenvalue weighted by Gasteiger charge is 2.14. The second kappa shape index (κ2) is 5.78. The molecule has 1 saturated heterocycles. The summed E-state index contributed by atoms with van der Waals surface area (Å²) >= 11 is 3.28. The smallest absolute Gasteiger partial charge is 0.127 e. The lowest BCUT2D eigenvalue weighted by atomic mass is 9.95. The fourth-order valence-electron chi connectivity index (χ4n) is 2.26. The van der Waals surface area contributed by atoms with Crippen LogP contribution >= 0.6 is 15.9 Å². The van der Waals surface area contributed by atoms with E-state index in [1.165, 1.54) is 19.3 Å². The van der Waals surface area contributed by atoms with Crippen molar-refractivity contribution in [3.8, 4) is 0 Å². The highest BCUT2D eigenvalue weighted by molar-refractivity contribution is 9.10. The summed E-state index contributed by atoms with van der Waals surface area (Å²) in [5, 5.41) is 3.42. The zero-order chi connectivity index (χ0) is 11.4. The molecule has 0 bridgehead atoms. The Morgan fingerprint density at radius 3 is 3.06 bits per heavy atom. The molecular formula is C13H17BrFN. The summed E-state index contributed by atoms with van der Waals surface area (Å²) in [6.45, 7) is 2.13. The van der Waals surface area contributed by atoms with Crippen molar-refractivity contribution in [1.82, 2.24) is 5.32 Å². The number of nitrogens with one attached hydrogen (secondary N) is 1. The molecule has 16 heavy (non-hydrogen) atoms. The molecule has 1 atom stereocenters. The van der Waals surface area contributed by atoms with E-state index in [-0.39, 0.29) is 5.82 Å².